The molecule has 0 unspecified atom stereocenters. The quantitative estimate of drug-likeness (QED) is 0.0679. The van der Waals surface area contributed by atoms with E-state index in [1.165, 1.54) is 56.7 Å². The topological polar surface area (TPSA) is 305 Å². The molecule has 2 aliphatic rings. The predicted molar refractivity (Wildman–Crippen MR) is 192 cm³/mol. The van der Waals surface area contributed by atoms with E-state index in [-0.39, 0.29) is 34.3 Å². The fourth-order valence-corrected chi connectivity index (χ4v) is 6.44. The summed E-state index contributed by atoms with van der Waals surface area (Å²) >= 11 is 0. The zero-order valence-corrected chi connectivity index (χ0v) is 30.1. The van der Waals surface area contributed by atoms with Gasteiger partial charge in [0.15, 0.2) is 16.9 Å². The standard InChI is InChI=1S/C38H40O19/c1-51-22-9-15(10-23(52-2)29(22)43)3-8-26(42)53-14-25-31(45)34(48)36(50)38(57-25)56-21-12-20-27(18(41)11-19(54-20)16-4-6-17(40)7-5-16)32(46)28(21)37-35(49)33(47)30(44)24(13-39)55-37/h3-12,24-25,30-31,33-40,43-50H,13-14H2,1-2H3/b8-3+/t24-,25-,30-,31-,33+,34+,35-,36-,37+,38-/m1/s1. The van der Waals surface area contributed by atoms with E-state index in [4.69, 9.17) is 32.8 Å². The first-order valence-corrected chi connectivity index (χ1v) is 17.3. The van der Waals surface area contributed by atoms with E-state index in [1.807, 2.05) is 0 Å². The van der Waals surface area contributed by atoms with Gasteiger partial charge in [-0.15, -0.1) is 0 Å². The molecule has 3 heterocycles. The van der Waals surface area contributed by atoms with Gasteiger partial charge in [0.25, 0.3) is 0 Å². The predicted octanol–water partition coefficient (Wildman–Crippen LogP) is -0.448. The van der Waals surface area contributed by atoms with Crippen molar-refractivity contribution in [1.82, 2.24) is 0 Å². The second-order valence-electron chi connectivity index (χ2n) is 13.2. The maximum atomic E-state index is 13.5. The summed E-state index contributed by atoms with van der Waals surface area (Å²) in [5, 5.41) is 105. The van der Waals surface area contributed by atoms with Gasteiger partial charge in [0.05, 0.1) is 26.4 Å². The third-order valence-electron chi connectivity index (χ3n) is 9.54. The maximum absolute atomic E-state index is 13.5. The second kappa shape index (κ2) is 16.9. The van der Waals surface area contributed by atoms with Crippen molar-refractivity contribution in [2.24, 2.45) is 0 Å². The summed E-state index contributed by atoms with van der Waals surface area (Å²) < 4.78 is 38.7. The first-order valence-electron chi connectivity index (χ1n) is 17.3. The highest BCUT2D eigenvalue weighted by Crippen LogP contribution is 2.46. The van der Waals surface area contributed by atoms with Gasteiger partial charge in [0.2, 0.25) is 12.0 Å². The number of phenolic OH excluding ortho intramolecular Hbond substituents is 3. The first kappa shape index (κ1) is 41.2. The molecule has 2 aliphatic heterocycles. The van der Waals surface area contributed by atoms with Crippen LogP contribution in [0.2, 0.25) is 0 Å². The van der Waals surface area contributed by atoms with Crippen LogP contribution in [0, 0.1) is 0 Å². The third-order valence-corrected chi connectivity index (χ3v) is 9.54. The molecule has 0 aliphatic carbocycles. The molecule has 57 heavy (non-hydrogen) atoms. The zero-order valence-electron chi connectivity index (χ0n) is 30.1. The van der Waals surface area contributed by atoms with Gasteiger partial charge < -0.3 is 83.9 Å². The van der Waals surface area contributed by atoms with Crippen molar-refractivity contribution >= 4 is 23.0 Å². The molecule has 19 heteroatoms. The molecule has 1 aromatic heterocycles. The number of rotatable bonds is 11. The molecule has 0 saturated carbocycles. The van der Waals surface area contributed by atoms with E-state index in [0.717, 1.165) is 18.2 Å². The van der Waals surface area contributed by atoms with Crippen LogP contribution in [0.15, 0.2) is 63.8 Å². The second-order valence-corrected chi connectivity index (χ2v) is 13.2. The van der Waals surface area contributed by atoms with Crippen LogP contribution in [-0.4, -0.2) is 140 Å². The van der Waals surface area contributed by atoms with Crippen molar-refractivity contribution in [1.29, 1.82) is 0 Å². The van der Waals surface area contributed by atoms with Crippen LogP contribution in [0.5, 0.6) is 34.5 Å². The Kier molecular flexibility index (Phi) is 12.2. The monoisotopic (exact) mass is 800 g/mol. The minimum atomic E-state index is -2.03. The Morgan fingerprint density at radius 2 is 1.39 bits per heavy atom. The fourth-order valence-electron chi connectivity index (χ4n) is 6.44. The van der Waals surface area contributed by atoms with Crippen LogP contribution in [0.4, 0.5) is 0 Å². The lowest BCUT2D eigenvalue weighted by Gasteiger charge is -2.42. The van der Waals surface area contributed by atoms with E-state index in [2.05, 4.69) is 0 Å². The van der Waals surface area contributed by atoms with Crippen LogP contribution in [0.25, 0.3) is 28.4 Å². The Labute approximate surface area is 321 Å². The summed E-state index contributed by atoms with van der Waals surface area (Å²) in [6.07, 6.45) is -16.1. The number of aliphatic hydroxyl groups is 7. The van der Waals surface area contributed by atoms with Gasteiger partial charge in [0, 0.05) is 23.8 Å². The molecule has 306 valence electrons. The van der Waals surface area contributed by atoms with E-state index in [1.54, 1.807) is 0 Å². The molecular weight excluding hydrogens is 760 g/mol. The van der Waals surface area contributed by atoms with Gasteiger partial charge in [-0.05, 0) is 48.0 Å². The van der Waals surface area contributed by atoms with Crippen LogP contribution in [0.3, 0.4) is 0 Å². The fraction of sp³-hybridized carbons (Fsp3) is 0.368. The van der Waals surface area contributed by atoms with Crippen LogP contribution in [0.1, 0.15) is 17.2 Å². The van der Waals surface area contributed by atoms with Crippen molar-refractivity contribution < 1.29 is 88.7 Å². The van der Waals surface area contributed by atoms with Gasteiger partial charge in [-0.1, -0.05) is 0 Å². The average Bonchev–Trinajstić information content (AvgIpc) is 3.19. The van der Waals surface area contributed by atoms with Crippen molar-refractivity contribution in [2.45, 2.75) is 61.2 Å². The molecule has 2 fully saturated rings. The first-order chi connectivity index (χ1) is 27.2. The van der Waals surface area contributed by atoms with E-state index < -0.39 is 108 Å². The van der Waals surface area contributed by atoms with Gasteiger partial charge in [-0.2, -0.15) is 0 Å². The minimum Gasteiger partial charge on any atom is -0.508 e. The molecule has 0 spiro atoms. The van der Waals surface area contributed by atoms with Crippen LogP contribution >= 0.6 is 0 Å². The molecule has 3 aromatic carbocycles. The van der Waals surface area contributed by atoms with Gasteiger partial charge in [-0.25, -0.2) is 4.79 Å². The number of methoxy groups -OCH3 is 2. The summed E-state index contributed by atoms with van der Waals surface area (Å²) in [7, 11) is 2.64. The molecule has 0 amide bonds. The largest absolute Gasteiger partial charge is 0.508 e. The summed E-state index contributed by atoms with van der Waals surface area (Å²) in [5.74, 6) is -2.60. The Balaban J connectivity index is 1.32. The summed E-state index contributed by atoms with van der Waals surface area (Å²) in [4.78, 5) is 26.2. The number of carbonyl (C=O) groups excluding carboxylic acids is 1. The lowest BCUT2D eigenvalue weighted by molar-refractivity contribution is -0.279. The third kappa shape index (κ3) is 8.19. The number of ether oxygens (including phenoxy) is 6. The highest BCUT2D eigenvalue weighted by molar-refractivity contribution is 5.89. The van der Waals surface area contributed by atoms with Crippen molar-refractivity contribution in [3.05, 3.63) is 76.0 Å². The zero-order chi connectivity index (χ0) is 41.3. The van der Waals surface area contributed by atoms with Crippen molar-refractivity contribution in [3.8, 4) is 45.8 Å². The number of aliphatic hydroxyl groups excluding tert-OH is 7. The number of esters is 1. The maximum Gasteiger partial charge on any atom is 0.330 e. The lowest BCUT2D eigenvalue weighted by Crippen LogP contribution is -2.60. The Bertz CT molecular complexity index is 2140. The van der Waals surface area contributed by atoms with E-state index in [0.29, 0.717) is 11.1 Å². The molecule has 2 saturated heterocycles. The minimum absolute atomic E-state index is 0.0226. The van der Waals surface area contributed by atoms with E-state index in [9.17, 15) is 60.7 Å². The number of hydrogen-bond donors (Lipinski definition) is 10. The number of carbonyl (C=O) groups is 1. The Morgan fingerprint density at radius 1 is 0.754 bits per heavy atom. The summed E-state index contributed by atoms with van der Waals surface area (Å²) in [6, 6.07) is 10.5. The summed E-state index contributed by atoms with van der Waals surface area (Å²) in [6.45, 7) is -1.56. The van der Waals surface area contributed by atoms with Crippen LogP contribution < -0.4 is 19.6 Å². The van der Waals surface area contributed by atoms with E-state index >= 15 is 0 Å². The van der Waals surface area contributed by atoms with Crippen molar-refractivity contribution in [3.63, 3.8) is 0 Å². The highest BCUT2D eigenvalue weighted by Gasteiger charge is 2.49. The number of benzene rings is 3. The Hall–Kier alpha value is -5.48. The molecule has 0 bridgehead atoms. The smallest absolute Gasteiger partial charge is 0.330 e. The molecule has 4 aromatic rings. The molecule has 19 nitrogen and oxygen atoms in total. The molecule has 10 N–H and O–H groups in total. The molecular formula is C38H40O19. The molecule has 10 atom stereocenters. The normalized spacial score (nSPS) is 27.7. The number of fused-ring (bicyclic) bond motifs is 1. The lowest BCUT2D eigenvalue weighted by atomic mass is 9.89. The SMILES string of the molecule is COc1cc(/C=C/C(=O)OC[C@H]2O[C@@H](Oc3cc4oc(-c5ccc(O)cc5)cc(=O)c4c(O)c3[C@@H]3O[C@H](CO)[C@@H](O)[C@H](O)[C@H]3O)[C@H](O)[C@@H](O)[C@@H]2O)cc(OC)c1O. The number of aromatic hydroxyl groups is 3. The van der Waals surface area contributed by atoms with Crippen molar-refractivity contribution in [2.75, 3.05) is 27.4 Å². The van der Waals surface area contributed by atoms with Gasteiger partial charge in [0.1, 0.15) is 95.5 Å². The number of phenols is 3. The Morgan fingerprint density at radius 3 is 2.02 bits per heavy atom. The number of hydrogen-bond acceptors (Lipinski definition) is 19. The van der Waals surface area contributed by atoms with Gasteiger partial charge >= 0.3 is 5.97 Å². The summed E-state index contributed by atoms with van der Waals surface area (Å²) in [5.41, 5.74) is -0.945. The van der Waals surface area contributed by atoms with Crippen LogP contribution in [-0.2, 0) is 19.0 Å². The molecule has 0 radical (unpaired) electrons. The molecule has 6 rings (SSSR count). The average molecular weight is 801 g/mol. The highest BCUT2D eigenvalue weighted by atomic mass is 16.7. The van der Waals surface area contributed by atoms with Gasteiger partial charge in [-0.3, -0.25) is 4.79 Å².